The van der Waals surface area contributed by atoms with Gasteiger partial charge in [0.05, 0.1) is 0 Å². The molecule has 0 aromatic heterocycles. The highest BCUT2D eigenvalue weighted by atomic mass is 16.1. The fraction of sp³-hybridized carbons (Fsp3) is 0.0526. The minimum atomic E-state index is -0.666. The lowest BCUT2D eigenvalue weighted by Gasteiger charge is -2.18. The molecule has 0 bridgehead atoms. The number of hydrogen-bond acceptors (Lipinski definition) is 2. The summed E-state index contributed by atoms with van der Waals surface area (Å²) in [6, 6.07) is 16.3. The molecule has 3 aromatic carbocycles. The second kappa shape index (κ2) is 4.38. The smallest absolute Gasteiger partial charge is 0.170 e. The number of rotatable bonds is 1. The van der Waals surface area contributed by atoms with Gasteiger partial charge in [0.2, 0.25) is 0 Å². The predicted octanol–water partition coefficient (Wildman–Crippen LogP) is 3.87. The number of hydrogen-bond donors (Lipinski definition) is 0. The van der Waals surface area contributed by atoms with E-state index in [1.165, 1.54) is 16.8 Å². The summed E-state index contributed by atoms with van der Waals surface area (Å²) in [5.74, 6) is -0.807. The monoisotopic (exact) mass is 272 g/mol. The van der Waals surface area contributed by atoms with Gasteiger partial charge < -0.3 is 4.79 Å². The summed E-state index contributed by atoms with van der Waals surface area (Å²) in [6.07, 6.45) is 4.07. The van der Waals surface area contributed by atoms with Crippen molar-refractivity contribution >= 4 is 39.7 Å². The minimum absolute atomic E-state index is 0.141. The topological polar surface area (TPSA) is 34.1 Å². The van der Waals surface area contributed by atoms with Crippen LogP contribution >= 0.6 is 0 Å². The number of benzene rings is 3. The Hall–Kier alpha value is -2.74. The molecule has 100 valence electrons. The highest BCUT2D eigenvalue weighted by molar-refractivity contribution is 6.16. The maximum absolute atomic E-state index is 11.8. The zero-order valence-corrected chi connectivity index (χ0v) is 11.2. The number of allylic oxidation sites excluding steroid dienone is 1. The van der Waals surface area contributed by atoms with Crippen molar-refractivity contribution in [3.8, 4) is 0 Å². The van der Waals surface area contributed by atoms with E-state index in [0.29, 0.717) is 0 Å². The van der Waals surface area contributed by atoms with Crippen LogP contribution in [0.25, 0.3) is 27.6 Å². The first kappa shape index (κ1) is 12.0. The molecular formula is C19H12O2. The first-order valence-corrected chi connectivity index (χ1v) is 6.91. The van der Waals surface area contributed by atoms with Crippen molar-refractivity contribution in [2.75, 3.05) is 0 Å². The molecule has 1 atom stereocenters. The molecule has 3 aromatic rings. The molecule has 0 spiro atoms. The molecule has 0 heterocycles. The van der Waals surface area contributed by atoms with Gasteiger partial charge in [0.15, 0.2) is 5.78 Å². The summed E-state index contributed by atoms with van der Waals surface area (Å²) in [6.45, 7) is 0. The molecule has 21 heavy (non-hydrogen) atoms. The molecule has 0 N–H and O–H groups in total. The summed E-state index contributed by atoms with van der Waals surface area (Å²) in [5, 5.41) is 4.61. The number of ketones is 1. The Morgan fingerprint density at radius 1 is 0.810 bits per heavy atom. The van der Waals surface area contributed by atoms with Crippen molar-refractivity contribution in [1.29, 1.82) is 0 Å². The number of carbonyl (C=O) groups excluding carboxylic acids is 2. The lowest BCUT2D eigenvalue weighted by molar-refractivity contribution is -0.120. The van der Waals surface area contributed by atoms with E-state index in [2.05, 4.69) is 24.3 Å². The highest BCUT2D eigenvalue weighted by Crippen LogP contribution is 2.35. The third-order valence-electron chi connectivity index (χ3n) is 4.19. The van der Waals surface area contributed by atoms with Crippen LogP contribution in [0.4, 0.5) is 0 Å². The second-order valence-corrected chi connectivity index (χ2v) is 5.30. The fourth-order valence-corrected chi connectivity index (χ4v) is 3.15. The summed E-state index contributed by atoms with van der Waals surface area (Å²) >= 11 is 0. The van der Waals surface area contributed by atoms with Gasteiger partial charge in [0, 0.05) is 0 Å². The third-order valence-corrected chi connectivity index (χ3v) is 4.19. The van der Waals surface area contributed by atoms with Crippen LogP contribution in [0.3, 0.4) is 0 Å². The molecule has 1 aliphatic carbocycles. The Kier molecular flexibility index (Phi) is 2.51. The average molecular weight is 272 g/mol. The van der Waals surface area contributed by atoms with Gasteiger partial charge in [-0.2, -0.15) is 0 Å². The second-order valence-electron chi connectivity index (χ2n) is 5.30. The first-order chi connectivity index (χ1) is 10.3. The molecule has 4 rings (SSSR count). The van der Waals surface area contributed by atoms with Gasteiger partial charge >= 0.3 is 0 Å². The van der Waals surface area contributed by atoms with Crippen molar-refractivity contribution < 1.29 is 9.59 Å². The van der Waals surface area contributed by atoms with Gasteiger partial charge in [-0.1, -0.05) is 54.6 Å². The van der Waals surface area contributed by atoms with E-state index in [1.54, 1.807) is 0 Å². The molecule has 0 amide bonds. The fourth-order valence-electron chi connectivity index (χ4n) is 3.15. The molecule has 0 saturated heterocycles. The van der Waals surface area contributed by atoms with E-state index < -0.39 is 5.92 Å². The number of carbonyl (C=O) groups is 2. The number of aldehydes is 1. The summed E-state index contributed by atoms with van der Waals surface area (Å²) in [7, 11) is 0. The van der Waals surface area contributed by atoms with E-state index >= 15 is 0 Å². The van der Waals surface area contributed by atoms with E-state index in [-0.39, 0.29) is 5.78 Å². The first-order valence-electron chi connectivity index (χ1n) is 6.91. The number of fused-ring (bicyclic) bond motifs is 5. The van der Waals surface area contributed by atoms with Crippen molar-refractivity contribution in [2.45, 2.75) is 5.92 Å². The summed E-state index contributed by atoms with van der Waals surface area (Å²) < 4.78 is 0. The van der Waals surface area contributed by atoms with E-state index in [4.69, 9.17) is 0 Å². The quantitative estimate of drug-likeness (QED) is 0.383. The van der Waals surface area contributed by atoms with E-state index in [9.17, 15) is 9.59 Å². The largest absolute Gasteiger partial charge is 0.302 e. The normalized spacial score (nSPS) is 17.1. The minimum Gasteiger partial charge on any atom is -0.302 e. The van der Waals surface area contributed by atoms with E-state index in [0.717, 1.165) is 28.2 Å². The Morgan fingerprint density at radius 2 is 1.62 bits per heavy atom. The Morgan fingerprint density at radius 3 is 2.48 bits per heavy atom. The third kappa shape index (κ3) is 1.66. The van der Waals surface area contributed by atoms with Gasteiger partial charge in [-0.3, -0.25) is 4.79 Å². The maximum Gasteiger partial charge on any atom is 0.170 e. The van der Waals surface area contributed by atoms with Crippen molar-refractivity contribution in [1.82, 2.24) is 0 Å². The lowest BCUT2D eigenvalue weighted by atomic mass is 9.84. The van der Waals surface area contributed by atoms with Gasteiger partial charge in [0.1, 0.15) is 12.2 Å². The molecule has 2 nitrogen and oxygen atoms in total. The molecule has 0 fully saturated rings. The predicted molar refractivity (Wildman–Crippen MR) is 84.3 cm³/mol. The van der Waals surface area contributed by atoms with Crippen molar-refractivity contribution in [2.24, 2.45) is 0 Å². The Labute approximate surface area is 121 Å². The summed E-state index contributed by atoms with van der Waals surface area (Å²) in [5.41, 5.74) is 1.79. The van der Waals surface area contributed by atoms with Crippen LogP contribution in [0.2, 0.25) is 0 Å². The molecule has 0 radical (unpaired) electrons. The van der Waals surface area contributed by atoms with Crippen LogP contribution < -0.4 is 0 Å². The Balaban J connectivity index is 2.13. The standard InChI is InChI=1S/C19H12O2/c20-11-18-17-8-7-14-13-4-2-1-3-12(13)5-6-15(14)16(17)9-10-19(18)21/h1-11,18H. The van der Waals surface area contributed by atoms with Crippen LogP contribution in [-0.4, -0.2) is 12.1 Å². The van der Waals surface area contributed by atoms with Crippen LogP contribution in [-0.2, 0) is 9.59 Å². The van der Waals surface area contributed by atoms with Crippen LogP contribution in [0.15, 0.2) is 54.6 Å². The van der Waals surface area contributed by atoms with Gasteiger partial charge in [0.25, 0.3) is 0 Å². The SMILES string of the molecule is O=CC1C(=O)C=Cc2c1ccc1c2ccc2ccccc21. The summed E-state index contributed by atoms with van der Waals surface area (Å²) in [4.78, 5) is 23.0. The molecule has 1 aliphatic rings. The lowest BCUT2D eigenvalue weighted by Crippen LogP contribution is -2.16. The van der Waals surface area contributed by atoms with Crippen molar-refractivity contribution in [3.63, 3.8) is 0 Å². The molecule has 1 unspecified atom stereocenters. The molecular weight excluding hydrogens is 260 g/mol. The molecule has 2 heteroatoms. The van der Waals surface area contributed by atoms with Gasteiger partial charge in [-0.05, 0) is 38.7 Å². The van der Waals surface area contributed by atoms with Crippen LogP contribution in [0, 0.1) is 0 Å². The molecule has 0 aliphatic heterocycles. The average Bonchev–Trinajstić information content (AvgIpc) is 2.54. The van der Waals surface area contributed by atoms with Crippen molar-refractivity contribution in [3.05, 3.63) is 65.7 Å². The van der Waals surface area contributed by atoms with Gasteiger partial charge in [-0.15, -0.1) is 0 Å². The maximum atomic E-state index is 11.8. The van der Waals surface area contributed by atoms with Crippen LogP contribution in [0.1, 0.15) is 17.0 Å². The van der Waals surface area contributed by atoms with Gasteiger partial charge in [-0.25, -0.2) is 0 Å². The zero-order chi connectivity index (χ0) is 14.4. The highest BCUT2D eigenvalue weighted by Gasteiger charge is 2.24. The molecule has 0 saturated carbocycles. The zero-order valence-electron chi connectivity index (χ0n) is 11.2. The van der Waals surface area contributed by atoms with Crippen LogP contribution in [0.5, 0.6) is 0 Å². The van der Waals surface area contributed by atoms with E-state index in [1.807, 2.05) is 30.3 Å². The Bertz CT molecular complexity index is 935.